The molecule has 0 bridgehead atoms. The Morgan fingerprint density at radius 1 is 1.41 bits per heavy atom. The topological polar surface area (TPSA) is 34.9 Å². The number of ketones is 1. The van der Waals surface area contributed by atoms with Crippen LogP contribution in [0.5, 0.6) is 0 Å². The van der Waals surface area contributed by atoms with Crippen LogP contribution in [-0.2, 0) is 11.2 Å². The van der Waals surface area contributed by atoms with Gasteiger partial charge in [-0.05, 0) is 31.4 Å². The molecule has 0 unspecified atom stereocenters. The van der Waals surface area contributed by atoms with E-state index in [2.05, 4.69) is 18.9 Å². The van der Waals surface area contributed by atoms with Gasteiger partial charge >= 0.3 is 0 Å². The molecule has 0 radical (unpaired) electrons. The number of nitrogens with zero attached hydrogens (tertiary/aromatic N) is 2. The molecule has 94 valence electrons. The molecular formula is C14H22N2O. The summed E-state index contributed by atoms with van der Waals surface area (Å²) in [7, 11) is 0. The zero-order valence-electron chi connectivity index (χ0n) is 11.0. The van der Waals surface area contributed by atoms with E-state index in [0.29, 0.717) is 12.5 Å². The van der Waals surface area contributed by atoms with E-state index >= 15 is 0 Å². The first-order valence-electron chi connectivity index (χ1n) is 6.44. The lowest BCUT2D eigenvalue weighted by Crippen LogP contribution is -2.08. The molecule has 3 heteroatoms. The third kappa shape index (κ3) is 4.17. The summed E-state index contributed by atoms with van der Waals surface area (Å²) in [5.41, 5.74) is 0.864. The second-order valence-electron chi connectivity index (χ2n) is 4.21. The summed E-state index contributed by atoms with van der Waals surface area (Å²) >= 11 is 0. The van der Waals surface area contributed by atoms with Gasteiger partial charge in [-0.25, -0.2) is 0 Å². The minimum atomic E-state index is 0.127. The van der Waals surface area contributed by atoms with E-state index in [1.807, 2.05) is 29.9 Å². The number of rotatable bonds is 7. The van der Waals surface area contributed by atoms with Gasteiger partial charge in [0, 0.05) is 6.20 Å². The highest BCUT2D eigenvalue weighted by atomic mass is 16.1. The van der Waals surface area contributed by atoms with Crippen LogP contribution in [0, 0.1) is 0 Å². The van der Waals surface area contributed by atoms with Crippen molar-refractivity contribution >= 4 is 5.78 Å². The predicted molar refractivity (Wildman–Crippen MR) is 70.0 cm³/mol. The summed E-state index contributed by atoms with van der Waals surface area (Å²) in [5.74, 6) is 0.127. The fraction of sp³-hybridized carbons (Fsp3) is 0.571. The van der Waals surface area contributed by atoms with Crippen LogP contribution in [0.4, 0.5) is 0 Å². The Balaban J connectivity index is 2.62. The summed E-state index contributed by atoms with van der Waals surface area (Å²) < 4.78 is 1.98. The Hall–Kier alpha value is -1.38. The van der Waals surface area contributed by atoms with E-state index in [4.69, 9.17) is 0 Å². The Morgan fingerprint density at radius 3 is 2.71 bits per heavy atom. The first-order valence-corrected chi connectivity index (χ1v) is 6.44. The second-order valence-corrected chi connectivity index (χ2v) is 4.21. The van der Waals surface area contributed by atoms with Crippen LogP contribution in [-0.4, -0.2) is 15.6 Å². The van der Waals surface area contributed by atoms with Gasteiger partial charge in [0.05, 0.1) is 18.2 Å². The van der Waals surface area contributed by atoms with Crippen molar-refractivity contribution in [3.8, 4) is 0 Å². The van der Waals surface area contributed by atoms with Crippen molar-refractivity contribution in [2.24, 2.45) is 0 Å². The Labute approximate surface area is 104 Å². The third-order valence-corrected chi connectivity index (χ3v) is 2.87. The molecule has 0 amide bonds. The van der Waals surface area contributed by atoms with Gasteiger partial charge in [-0.15, -0.1) is 0 Å². The van der Waals surface area contributed by atoms with Crippen LogP contribution in [0.2, 0.25) is 0 Å². The number of hydrogen-bond acceptors (Lipinski definition) is 2. The highest BCUT2D eigenvalue weighted by Gasteiger charge is 2.09. The maximum atomic E-state index is 11.6. The number of allylic oxidation sites excluding steroid dienone is 2. The molecule has 1 aromatic rings. The minimum Gasteiger partial charge on any atom is -0.294 e. The number of aromatic nitrogens is 2. The molecule has 0 N–H and O–H groups in total. The quantitative estimate of drug-likeness (QED) is 0.678. The molecule has 0 aliphatic carbocycles. The van der Waals surface area contributed by atoms with Crippen molar-refractivity contribution in [3.05, 3.63) is 30.1 Å². The van der Waals surface area contributed by atoms with Gasteiger partial charge in [0.2, 0.25) is 0 Å². The highest BCUT2D eigenvalue weighted by molar-refractivity contribution is 5.91. The summed E-state index contributed by atoms with van der Waals surface area (Å²) in [6, 6.07) is 2.39. The van der Waals surface area contributed by atoms with E-state index in [1.54, 1.807) is 6.08 Å². The molecule has 0 spiro atoms. The van der Waals surface area contributed by atoms with Crippen molar-refractivity contribution in [3.63, 3.8) is 0 Å². The maximum absolute atomic E-state index is 11.6. The molecule has 17 heavy (non-hydrogen) atoms. The third-order valence-electron chi connectivity index (χ3n) is 2.87. The van der Waals surface area contributed by atoms with Gasteiger partial charge < -0.3 is 0 Å². The minimum absolute atomic E-state index is 0.127. The Bertz CT molecular complexity index is 375. The van der Waals surface area contributed by atoms with E-state index in [-0.39, 0.29) is 5.78 Å². The van der Waals surface area contributed by atoms with Crippen LogP contribution in [0.15, 0.2) is 24.4 Å². The van der Waals surface area contributed by atoms with Gasteiger partial charge in [0.15, 0.2) is 5.78 Å². The molecule has 0 aliphatic heterocycles. The normalized spacial score (nSPS) is 11.5. The SMILES string of the molecule is CC/C=C/C(=O)Cc1ccn(C(CC)CC)n1. The number of hydrogen-bond donors (Lipinski definition) is 0. The van der Waals surface area contributed by atoms with Gasteiger partial charge in [-0.2, -0.15) is 5.10 Å². The smallest absolute Gasteiger partial charge is 0.161 e. The van der Waals surface area contributed by atoms with Crippen molar-refractivity contribution in [1.29, 1.82) is 0 Å². The second kappa shape index (κ2) is 7.05. The zero-order valence-corrected chi connectivity index (χ0v) is 11.0. The molecule has 0 fully saturated rings. The van der Waals surface area contributed by atoms with E-state index in [1.165, 1.54) is 0 Å². The van der Waals surface area contributed by atoms with Crippen LogP contribution < -0.4 is 0 Å². The monoisotopic (exact) mass is 234 g/mol. The molecular weight excluding hydrogens is 212 g/mol. The van der Waals surface area contributed by atoms with Crippen LogP contribution in [0.25, 0.3) is 0 Å². The lowest BCUT2D eigenvalue weighted by Gasteiger charge is -2.12. The highest BCUT2D eigenvalue weighted by Crippen LogP contribution is 2.14. The van der Waals surface area contributed by atoms with E-state index in [9.17, 15) is 4.79 Å². The molecule has 0 atom stereocenters. The molecule has 0 aliphatic rings. The van der Waals surface area contributed by atoms with E-state index < -0.39 is 0 Å². The molecule has 0 aromatic carbocycles. The Morgan fingerprint density at radius 2 is 2.12 bits per heavy atom. The van der Waals surface area contributed by atoms with Crippen LogP contribution in [0.1, 0.15) is 51.8 Å². The fourth-order valence-corrected chi connectivity index (χ4v) is 1.82. The largest absolute Gasteiger partial charge is 0.294 e. The molecule has 3 nitrogen and oxygen atoms in total. The number of carbonyl (C=O) groups excluding carboxylic acids is 1. The molecule has 0 saturated heterocycles. The fourth-order valence-electron chi connectivity index (χ4n) is 1.82. The Kier molecular flexibility index (Phi) is 5.67. The predicted octanol–water partition coefficient (Wildman–Crippen LogP) is 3.32. The zero-order chi connectivity index (χ0) is 12.7. The van der Waals surface area contributed by atoms with Crippen LogP contribution in [0.3, 0.4) is 0 Å². The van der Waals surface area contributed by atoms with Crippen LogP contribution >= 0.6 is 0 Å². The van der Waals surface area contributed by atoms with Gasteiger partial charge in [-0.3, -0.25) is 9.48 Å². The van der Waals surface area contributed by atoms with Gasteiger partial charge in [0.25, 0.3) is 0 Å². The molecule has 1 rings (SSSR count). The summed E-state index contributed by atoms with van der Waals surface area (Å²) in [6.07, 6.45) is 8.96. The maximum Gasteiger partial charge on any atom is 0.161 e. The number of carbonyl (C=O) groups is 1. The standard InChI is InChI=1S/C14H22N2O/c1-4-7-8-14(17)11-12-9-10-16(15-12)13(5-2)6-3/h7-10,13H,4-6,11H2,1-3H3/b8-7+. The summed E-state index contributed by atoms with van der Waals surface area (Å²) in [5, 5.41) is 4.46. The summed E-state index contributed by atoms with van der Waals surface area (Å²) in [4.78, 5) is 11.6. The lowest BCUT2D eigenvalue weighted by atomic mass is 10.2. The molecule has 1 heterocycles. The van der Waals surface area contributed by atoms with Crippen molar-refractivity contribution < 1.29 is 4.79 Å². The van der Waals surface area contributed by atoms with Crippen molar-refractivity contribution in [2.75, 3.05) is 0 Å². The van der Waals surface area contributed by atoms with Gasteiger partial charge in [0.1, 0.15) is 0 Å². The van der Waals surface area contributed by atoms with Crippen molar-refractivity contribution in [2.45, 2.75) is 52.5 Å². The average molecular weight is 234 g/mol. The van der Waals surface area contributed by atoms with E-state index in [0.717, 1.165) is 25.0 Å². The first kappa shape index (κ1) is 13.7. The first-order chi connectivity index (χ1) is 8.21. The lowest BCUT2D eigenvalue weighted by molar-refractivity contribution is -0.114. The van der Waals surface area contributed by atoms with Crippen molar-refractivity contribution in [1.82, 2.24) is 9.78 Å². The average Bonchev–Trinajstić information content (AvgIpc) is 2.76. The van der Waals surface area contributed by atoms with Gasteiger partial charge in [-0.1, -0.05) is 26.8 Å². The molecule has 0 saturated carbocycles. The molecule has 1 aromatic heterocycles. The summed E-state index contributed by atoms with van der Waals surface area (Å²) in [6.45, 7) is 6.33.